The molecule has 0 amide bonds. The molecule has 0 aliphatic carbocycles. The summed E-state index contributed by atoms with van der Waals surface area (Å²) in [6.45, 7) is 0. The maximum atomic E-state index is 2.46. The Kier molecular flexibility index (Phi) is 9.57. The molecule has 0 aliphatic heterocycles. The highest BCUT2D eigenvalue weighted by Crippen LogP contribution is 2.45. The summed E-state index contributed by atoms with van der Waals surface area (Å²) in [5.41, 5.74) is 18.6. The van der Waals surface area contributed by atoms with Crippen LogP contribution >= 0.6 is 0 Å². The molecular formula is C60H42N2. The predicted molar refractivity (Wildman–Crippen MR) is 263 cm³/mol. The number of fused-ring (bicyclic) bond motifs is 3. The van der Waals surface area contributed by atoms with E-state index in [0.717, 1.165) is 39.4 Å². The minimum absolute atomic E-state index is 1.07. The zero-order chi connectivity index (χ0) is 41.2. The largest absolute Gasteiger partial charge is 0.310 e. The van der Waals surface area contributed by atoms with Crippen LogP contribution in [0, 0.1) is 0 Å². The summed E-state index contributed by atoms with van der Waals surface area (Å²) in [6.07, 6.45) is 0. The highest BCUT2D eigenvalue weighted by Gasteiger charge is 2.21. The van der Waals surface area contributed by atoms with E-state index in [1.54, 1.807) is 0 Å². The van der Waals surface area contributed by atoms with Crippen molar-refractivity contribution in [2.75, 3.05) is 4.90 Å². The number of hydrogen-bond acceptors (Lipinski definition) is 1. The van der Waals surface area contributed by atoms with Crippen molar-refractivity contribution in [1.82, 2.24) is 4.57 Å². The van der Waals surface area contributed by atoms with Crippen molar-refractivity contribution >= 4 is 38.9 Å². The number of hydrogen-bond donors (Lipinski definition) is 0. The fraction of sp³-hybridized carbons (Fsp3) is 0. The number of benzene rings is 10. The molecular weight excluding hydrogens is 749 g/mol. The van der Waals surface area contributed by atoms with Gasteiger partial charge in [0.05, 0.1) is 22.4 Å². The van der Waals surface area contributed by atoms with Crippen molar-refractivity contribution < 1.29 is 0 Å². The zero-order valence-electron chi connectivity index (χ0n) is 34.1. The van der Waals surface area contributed by atoms with Crippen molar-refractivity contribution in [2.24, 2.45) is 0 Å². The minimum Gasteiger partial charge on any atom is -0.310 e. The van der Waals surface area contributed by atoms with Gasteiger partial charge in [-0.15, -0.1) is 0 Å². The Bertz CT molecular complexity index is 3310. The van der Waals surface area contributed by atoms with Crippen molar-refractivity contribution in [3.8, 4) is 61.3 Å². The first kappa shape index (κ1) is 36.8. The molecule has 2 nitrogen and oxygen atoms in total. The lowest BCUT2D eigenvalue weighted by Gasteiger charge is -2.28. The van der Waals surface area contributed by atoms with E-state index in [0.29, 0.717) is 0 Å². The number of nitrogens with zero attached hydrogens (tertiary/aromatic N) is 2. The van der Waals surface area contributed by atoms with E-state index in [9.17, 15) is 0 Å². The predicted octanol–water partition coefficient (Wildman–Crippen LogP) is 16.6. The lowest BCUT2D eigenvalue weighted by Crippen LogP contribution is -2.11. The average Bonchev–Trinajstić information content (AvgIpc) is 3.69. The molecule has 0 N–H and O–H groups in total. The van der Waals surface area contributed by atoms with E-state index < -0.39 is 0 Å². The third-order valence-electron chi connectivity index (χ3n) is 12.0. The fourth-order valence-corrected chi connectivity index (χ4v) is 9.01. The summed E-state index contributed by atoms with van der Waals surface area (Å²) in [5.74, 6) is 0. The van der Waals surface area contributed by atoms with Gasteiger partial charge in [0.1, 0.15) is 0 Å². The molecule has 292 valence electrons. The van der Waals surface area contributed by atoms with Crippen LogP contribution in [0.15, 0.2) is 255 Å². The van der Waals surface area contributed by atoms with Crippen LogP contribution in [0.5, 0.6) is 0 Å². The van der Waals surface area contributed by atoms with E-state index in [-0.39, 0.29) is 0 Å². The van der Waals surface area contributed by atoms with Gasteiger partial charge in [0.2, 0.25) is 0 Å². The Balaban J connectivity index is 1.10. The summed E-state index contributed by atoms with van der Waals surface area (Å²) in [7, 11) is 0. The summed E-state index contributed by atoms with van der Waals surface area (Å²) >= 11 is 0. The maximum Gasteiger partial charge on any atom is 0.0562 e. The van der Waals surface area contributed by atoms with Gasteiger partial charge in [-0.25, -0.2) is 0 Å². The van der Waals surface area contributed by atoms with Gasteiger partial charge in [-0.3, -0.25) is 0 Å². The van der Waals surface area contributed by atoms with Crippen molar-refractivity contribution in [3.05, 3.63) is 255 Å². The molecule has 2 heteroatoms. The molecule has 11 aromatic rings. The molecule has 11 rings (SSSR count). The molecule has 0 saturated carbocycles. The van der Waals surface area contributed by atoms with Crippen LogP contribution < -0.4 is 4.90 Å². The maximum absolute atomic E-state index is 2.46. The van der Waals surface area contributed by atoms with Gasteiger partial charge in [-0.2, -0.15) is 0 Å². The van der Waals surface area contributed by atoms with Gasteiger partial charge in [-0.05, 0) is 93.0 Å². The van der Waals surface area contributed by atoms with Crippen molar-refractivity contribution in [3.63, 3.8) is 0 Å². The summed E-state index contributed by atoms with van der Waals surface area (Å²) in [5, 5.41) is 2.43. The topological polar surface area (TPSA) is 8.17 Å². The van der Waals surface area contributed by atoms with Gasteiger partial charge < -0.3 is 9.47 Å². The third-order valence-corrected chi connectivity index (χ3v) is 12.0. The second kappa shape index (κ2) is 16.1. The SMILES string of the molecule is c1ccc(-c2ccc(-c3ccccc3-n3c4ccccc4c4ccc(N(c5ccc(-c6ccccc6)cc5)c5ccccc5-c5cccc(-c6ccccc6)c5)cc43)cc2)cc1. The van der Waals surface area contributed by atoms with Crippen LogP contribution in [0.25, 0.3) is 83.1 Å². The molecule has 0 saturated heterocycles. The Labute approximate surface area is 362 Å². The molecule has 0 radical (unpaired) electrons. The second-order valence-corrected chi connectivity index (χ2v) is 15.7. The molecule has 0 unspecified atom stereocenters. The number of anilines is 3. The Morgan fingerprint density at radius 3 is 1.42 bits per heavy atom. The molecule has 0 bridgehead atoms. The van der Waals surface area contributed by atoms with Crippen LogP contribution in [-0.4, -0.2) is 4.57 Å². The first-order valence-corrected chi connectivity index (χ1v) is 21.3. The number of rotatable bonds is 9. The zero-order valence-corrected chi connectivity index (χ0v) is 34.1. The van der Waals surface area contributed by atoms with Crippen LogP contribution in [0.3, 0.4) is 0 Å². The van der Waals surface area contributed by atoms with Crippen LogP contribution in [0.1, 0.15) is 0 Å². The van der Waals surface area contributed by atoms with Crippen LogP contribution in [0.4, 0.5) is 17.1 Å². The Morgan fingerprint density at radius 1 is 0.258 bits per heavy atom. The van der Waals surface area contributed by atoms with Crippen molar-refractivity contribution in [2.45, 2.75) is 0 Å². The number of para-hydroxylation sites is 3. The number of aromatic nitrogens is 1. The highest BCUT2D eigenvalue weighted by molar-refractivity contribution is 6.11. The van der Waals surface area contributed by atoms with E-state index in [2.05, 4.69) is 264 Å². The first-order chi connectivity index (χ1) is 30.8. The summed E-state index contributed by atoms with van der Waals surface area (Å²) in [4.78, 5) is 2.43. The standard InChI is InChI=1S/C60H42N2/c1-4-17-43(18-5-1)46-31-33-48(34-32-46)53-25-10-14-29-58(53)62-59-30-15-12-27-55(59)56-40-39-52(42-60(56)62)61(51-37-35-47(36-38-51)44-19-6-2-7-20-44)57-28-13-11-26-54(57)50-24-16-23-49(41-50)45-21-8-3-9-22-45/h1-42H. The molecule has 1 heterocycles. The lowest BCUT2D eigenvalue weighted by atomic mass is 9.97. The molecule has 1 aromatic heterocycles. The van der Waals surface area contributed by atoms with Crippen LogP contribution in [-0.2, 0) is 0 Å². The minimum atomic E-state index is 1.07. The van der Waals surface area contributed by atoms with Crippen LogP contribution in [0.2, 0.25) is 0 Å². The molecule has 62 heavy (non-hydrogen) atoms. The molecule has 0 atom stereocenters. The monoisotopic (exact) mass is 790 g/mol. The van der Waals surface area contributed by atoms with Gasteiger partial charge in [0.15, 0.2) is 0 Å². The van der Waals surface area contributed by atoms with E-state index in [4.69, 9.17) is 0 Å². The lowest BCUT2D eigenvalue weighted by molar-refractivity contribution is 1.18. The van der Waals surface area contributed by atoms with Crippen molar-refractivity contribution in [1.29, 1.82) is 0 Å². The normalized spacial score (nSPS) is 11.2. The molecule has 0 aliphatic rings. The van der Waals surface area contributed by atoms with Gasteiger partial charge in [0, 0.05) is 33.3 Å². The highest BCUT2D eigenvalue weighted by atomic mass is 15.1. The molecule has 0 spiro atoms. The summed E-state index contributed by atoms with van der Waals surface area (Å²) < 4.78 is 2.46. The quantitative estimate of drug-likeness (QED) is 0.141. The smallest absolute Gasteiger partial charge is 0.0562 e. The Hall–Kier alpha value is -8.20. The van der Waals surface area contributed by atoms with Gasteiger partial charge >= 0.3 is 0 Å². The Morgan fingerprint density at radius 2 is 0.726 bits per heavy atom. The second-order valence-electron chi connectivity index (χ2n) is 15.7. The van der Waals surface area contributed by atoms with E-state index in [1.807, 2.05) is 0 Å². The van der Waals surface area contributed by atoms with Gasteiger partial charge in [0.25, 0.3) is 0 Å². The average molecular weight is 791 g/mol. The van der Waals surface area contributed by atoms with E-state index in [1.165, 1.54) is 60.8 Å². The summed E-state index contributed by atoms with van der Waals surface area (Å²) in [6, 6.07) is 92.1. The first-order valence-electron chi connectivity index (χ1n) is 21.3. The molecule has 10 aromatic carbocycles. The third kappa shape index (κ3) is 6.84. The molecule has 0 fully saturated rings. The van der Waals surface area contributed by atoms with Gasteiger partial charge in [-0.1, -0.05) is 206 Å². The fourth-order valence-electron chi connectivity index (χ4n) is 9.01. The van der Waals surface area contributed by atoms with E-state index >= 15 is 0 Å².